The number of rotatable bonds is 3. The van der Waals surface area contributed by atoms with Gasteiger partial charge >= 0.3 is 0 Å². The van der Waals surface area contributed by atoms with Crippen molar-refractivity contribution >= 4 is 23.6 Å². The Labute approximate surface area is 113 Å². The number of hydrogen-bond donors (Lipinski definition) is 1. The Hall–Kier alpha value is -1.79. The van der Waals surface area contributed by atoms with E-state index in [9.17, 15) is 0 Å². The number of nitrogens with one attached hydrogen (secondary N) is 1. The quantitative estimate of drug-likeness (QED) is 0.746. The summed E-state index contributed by atoms with van der Waals surface area (Å²) in [4.78, 5) is 4.28. The molecule has 4 nitrogen and oxygen atoms in total. The molecule has 0 aliphatic rings. The molecule has 6 heteroatoms. The van der Waals surface area contributed by atoms with Crippen LogP contribution in [0.1, 0.15) is 5.69 Å². The minimum atomic E-state index is 0.613. The summed E-state index contributed by atoms with van der Waals surface area (Å²) >= 11 is 6.85. The molecular weight excluding hydrogens is 264 g/mol. The maximum absolute atomic E-state index is 5.27. The Morgan fingerprint density at radius 1 is 1.28 bits per heavy atom. The molecule has 1 aromatic carbocycles. The molecular formula is C12H10N4S2. The van der Waals surface area contributed by atoms with Gasteiger partial charge < -0.3 is 0 Å². The van der Waals surface area contributed by atoms with E-state index in [1.165, 1.54) is 0 Å². The number of H-pyrrole nitrogens is 1. The maximum Gasteiger partial charge on any atom is 0.195 e. The highest BCUT2D eigenvalue weighted by atomic mass is 32.1. The molecule has 0 spiro atoms. The van der Waals surface area contributed by atoms with Gasteiger partial charge in [0, 0.05) is 10.9 Å². The molecule has 0 unspecified atom stereocenters. The van der Waals surface area contributed by atoms with Crippen LogP contribution in [0.5, 0.6) is 0 Å². The van der Waals surface area contributed by atoms with E-state index in [0.29, 0.717) is 11.3 Å². The van der Waals surface area contributed by atoms with Gasteiger partial charge in [0.15, 0.2) is 10.6 Å². The molecule has 0 atom stereocenters. The van der Waals surface area contributed by atoms with Gasteiger partial charge in [0.1, 0.15) is 0 Å². The summed E-state index contributed by atoms with van der Waals surface area (Å²) in [5.41, 5.74) is 3.86. The van der Waals surface area contributed by atoms with E-state index < -0.39 is 0 Å². The summed E-state index contributed by atoms with van der Waals surface area (Å²) < 4.78 is 2.57. The van der Waals surface area contributed by atoms with Crippen LogP contribution in [0.3, 0.4) is 0 Å². The number of aromatic amines is 1. The van der Waals surface area contributed by atoms with E-state index >= 15 is 0 Å². The molecule has 0 saturated heterocycles. The zero-order chi connectivity index (χ0) is 12.4. The molecule has 3 rings (SSSR count). The van der Waals surface area contributed by atoms with Crippen molar-refractivity contribution in [3.63, 3.8) is 0 Å². The predicted molar refractivity (Wildman–Crippen MR) is 74.1 cm³/mol. The van der Waals surface area contributed by atoms with Crippen LogP contribution < -0.4 is 0 Å². The van der Waals surface area contributed by atoms with Crippen molar-refractivity contribution in [2.45, 2.75) is 6.54 Å². The Morgan fingerprint density at radius 3 is 2.83 bits per heavy atom. The topological polar surface area (TPSA) is 46.5 Å². The molecule has 0 fully saturated rings. The van der Waals surface area contributed by atoms with Crippen molar-refractivity contribution in [3.05, 3.63) is 51.7 Å². The van der Waals surface area contributed by atoms with Crippen LogP contribution in [0, 0.1) is 4.77 Å². The fourth-order valence-electron chi connectivity index (χ4n) is 1.75. The normalized spacial score (nSPS) is 10.7. The Kier molecular flexibility index (Phi) is 3.04. The highest BCUT2D eigenvalue weighted by molar-refractivity contribution is 7.71. The third kappa shape index (κ3) is 2.12. The van der Waals surface area contributed by atoms with Gasteiger partial charge in [0.2, 0.25) is 0 Å². The SMILES string of the molecule is S=c1[nH]nc(-c2ccccc2)n1Cc1cscn1. The van der Waals surface area contributed by atoms with Crippen LogP contribution in [0.15, 0.2) is 41.2 Å². The molecule has 0 aliphatic heterocycles. The van der Waals surface area contributed by atoms with Crippen LogP contribution in [-0.4, -0.2) is 19.7 Å². The lowest BCUT2D eigenvalue weighted by Crippen LogP contribution is -2.02. The number of benzene rings is 1. The first-order chi connectivity index (χ1) is 8.84. The minimum Gasteiger partial charge on any atom is -0.294 e. The van der Waals surface area contributed by atoms with Gasteiger partial charge in [0.05, 0.1) is 17.7 Å². The highest BCUT2D eigenvalue weighted by Gasteiger charge is 2.09. The number of nitrogens with zero attached hydrogens (tertiary/aromatic N) is 3. The Bertz CT molecular complexity index is 682. The lowest BCUT2D eigenvalue weighted by Gasteiger charge is -2.04. The average molecular weight is 274 g/mol. The van der Waals surface area contributed by atoms with Gasteiger partial charge in [-0.1, -0.05) is 30.3 Å². The lowest BCUT2D eigenvalue weighted by molar-refractivity contribution is 0.772. The minimum absolute atomic E-state index is 0.613. The van der Waals surface area contributed by atoms with Crippen LogP contribution in [0.25, 0.3) is 11.4 Å². The maximum atomic E-state index is 5.27. The van der Waals surface area contributed by atoms with Gasteiger partial charge in [-0.2, -0.15) is 5.10 Å². The van der Waals surface area contributed by atoms with Gasteiger partial charge in [-0.05, 0) is 12.2 Å². The zero-order valence-corrected chi connectivity index (χ0v) is 11.0. The molecule has 0 aliphatic carbocycles. The van der Waals surface area contributed by atoms with Gasteiger partial charge in [-0.3, -0.25) is 9.67 Å². The first-order valence-corrected chi connectivity index (χ1v) is 6.77. The number of hydrogen-bond acceptors (Lipinski definition) is 4. The van der Waals surface area contributed by atoms with Crippen LogP contribution in [0.4, 0.5) is 0 Å². The van der Waals surface area contributed by atoms with E-state index in [0.717, 1.165) is 17.1 Å². The molecule has 1 N–H and O–H groups in total. The fourth-order valence-corrected chi connectivity index (χ4v) is 2.50. The lowest BCUT2D eigenvalue weighted by atomic mass is 10.2. The molecule has 0 radical (unpaired) electrons. The first kappa shape index (κ1) is 11.3. The van der Waals surface area contributed by atoms with Gasteiger partial charge in [-0.15, -0.1) is 11.3 Å². The second-order valence-electron chi connectivity index (χ2n) is 3.78. The van der Waals surface area contributed by atoms with Crippen molar-refractivity contribution in [2.24, 2.45) is 0 Å². The monoisotopic (exact) mass is 274 g/mol. The average Bonchev–Trinajstić information content (AvgIpc) is 3.03. The second kappa shape index (κ2) is 4.83. The molecule has 18 heavy (non-hydrogen) atoms. The summed E-state index contributed by atoms with van der Waals surface area (Å²) in [6.07, 6.45) is 0. The first-order valence-electron chi connectivity index (χ1n) is 5.42. The summed E-state index contributed by atoms with van der Waals surface area (Å²) in [5, 5.41) is 9.14. The fraction of sp³-hybridized carbons (Fsp3) is 0.0833. The van der Waals surface area contributed by atoms with E-state index in [2.05, 4.69) is 15.2 Å². The molecule has 0 saturated carbocycles. The molecule has 90 valence electrons. The zero-order valence-electron chi connectivity index (χ0n) is 9.41. The standard InChI is InChI=1S/C12H10N4S2/c17-12-15-14-11(9-4-2-1-3-5-9)16(12)6-10-7-18-8-13-10/h1-5,7-8H,6H2,(H,15,17). The van der Waals surface area contributed by atoms with E-state index in [4.69, 9.17) is 12.2 Å². The van der Waals surface area contributed by atoms with Crippen molar-refractivity contribution in [3.8, 4) is 11.4 Å². The summed E-state index contributed by atoms with van der Waals surface area (Å²) in [6.45, 7) is 0.642. The van der Waals surface area contributed by atoms with Crippen molar-refractivity contribution in [2.75, 3.05) is 0 Å². The van der Waals surface area contributed by atoms with E-state index in [-0.39, 0.29) is 0 Å². The molecule has 2 heterocycles. The smallest absolute Gasteiger partial charge is 0.195 e. The molecule has 3 aromatic rings. The predicted octanol–water partition coefficient (Wildman–Crippen LogP) is 3.11. The Balaban J connectivity index is 2.04. The highest BCUT2D eigenvalue weighted by Crippen LogP contribution is 2.17. The van der Waals surface area contributed by atoms with E-state index in [1.54, 1.807) is 11.3 Å². The number of aromatic nitrogens is 4. The van der Waals surface area contributed by atoms with Gasteiger partial charge in [-0.25, -0.2) is 4.98 Å². The van der Waals surface area contributed by atoms with Crippen LogP contribution in [-0.2, 0) is 6.54 Å². The van der Waals surface area contributed by atoms with Crippen molar-refractivity contribution in [1.82, 2.24) is 19.7 Å². The summed E-state index contributed by atoms with van der Waals surface area (Å²) in [6, 6.07) is 9.99. The van der Waals surface area contributed by atoms with Gasteiger partial charge in [0.25, 0.3) is 0 Å². The summed E-state index contributed by atoms with van der Waals surface area (Å²) in [7, 11) is 0. The number of thiazole rings is 1. The molecule has 0 amide bonds. The van der Waals surface area contributed by atoms with Crippen LogP contribution >= 0.6 is 23.6 Å². The largest absolute Gasteiger partial charge is 0.294 e. The molecule has 0 bridgehead atoms. The van der Waals surface area contributed by atoms with Crippen molar-refractivity contribution < 1.29 is 0 Å². The van der Waals surface area contributed by atoms with E-state index in [1.807, 2.05) is 45.8 Å². The van der Waals surface area contributed by atoms with Crippen molar-refractivity contribution in [1.29, 1.82) is 0 Å². The van der Waals surface area contributed by atoms with Crippen LogP contribution in [0.2, 0.25) is 0 Å². The summed E-state index contributed by atoms with van der Waals surface area (Å²) in [5.74, 6) is 0.841. The third-order valence-corrected chi connectivity index (χ3v) is 3.54. The third-order valence-electron chi connectivity index (χ3n) is 2.59. The second-order valence-corrected chi connectivity index (χ2v) is 4.89. The molecule has 2 aromatic heterocycles. The Morgan fingerprint density at radius 2 is 2.11 bits per heavy atom.